The average molecular weight is 152 g/mol. The van der Waals surface area contributed by atoms with Gasteiger partial charge in [0.25, 0.3) is 0 Å². The molecule has 1 N–H and O–H groups in total. The molecule has 0 bridgehead atoms. The average Bonchev–Trinajstić information content (AvgIpc) is 1.94. The summed E-state index contributed by atoms with van der Waals surface area (Å²) in [5.41, 5.74) is 0.975. The van der Waals surface area contributed by atoms with Crippen LogP contribution < -0.4 is 0 Å². The van der Waals surface area contributed by atoms with Gasteiger partial charge in [-0.3, -0.25) is 0 Å². The number of benzene rings is 1. The number of phenols is 1. The minimum atomic E-state index is -0.352. The first-order chi connectivity index (χ1) is 5.11. The van der Waals surface area contributed by atoms with Crippen LogP contribution in [0, 0.1) is 5.82 Å². The number of rotatable bonds is 1. The number of aromatic hydroxyl groups is 1. The lowest BCUT2D eigenvalue weighted by atomic mass is 10.1. The molecule has 58 valence electrons. The van der Waals surface area contributed by atoms with Gasteiger partial charge in [0, 0.05) is 5.56 Å². The van der Waals surface area contributed by atoms with E-state index in [1.807, 2.05) is 0 Å². The van der Waals surface area contributed by atoms with Gasteiger partial charge in [0.15, 0.2) is 0 Å². The zero-order valence-corrected chi connectivity index (χ0v) is 6.26. The van der Waals surface area contributed by atoms with E-state index in [4.69, 9.17) is 5.11 Å². The van der Waals surface area contributed by atoms with E-state index in [1.54, 1.807) is 6.92 Å². The summed E-state index contributed by atoms with van der Waals surface area (Å²) in [6, 6.07) is 3.89. The van der Waals surface area contributed by atoms with Crippen LogP contribution in [0.5, 0.6) is 5.75 Å². The zero-order chi connectivity index (χ0) is 8.43. The van der Waals surface area contributed by atoms with Crippen molar-refractivity contribution < 1.29 is 9.50 Å². The summed E-state index contributed by atoms with van der Waals surface area (Å²) < 4.78 is 12.8. The highest BCUT2D eigenvalue weighted by atomic mass is 19.1. The van der Waals surface area contributed by atoms with Crippen LogP contribution in [0.2, 0.25) is 0 Å². The van der Waals surface area contributed by atoms with Gasteiger partial charge in [-0.05, 0) is 30.7 Å². The molecule has 0 radical (unpaired) electrons. The van der Waals surface area contributed by atoms with E-state index in [-0.39, 0.29) is 11.6 Å². The fraction of sp³-hybridized carbons (Fsp3) is 0.111. The summed E-state index contributed by atoms with van der Waals surface area (Å²) >= 11 is 0. The van der Waals surface area contributed by atoms with Crippen LogP contribution in [-0.4, -0.2) is 5.11 Å². The molecule has 0 saturated carbocycles. The van der Waals surface area contributed by atoms with Crippen LogP contribution >= 0.6 is 0 Å². The summed E-state index contributed by atoms with van der Waals surface area (Å²) in [6.07, 6.45) is 0. The molecule has 0 saturated heterocycles. The Labute approximate surface area is 64.8 Å². The molecular formula is C9H9FO. The lowest BCUT2D eigenvalue weighted by Crippen LogP contribution is -1.84. The number of allylic oxidation sites excluding steroid dienone is 1. The Morgan fingerprint density at radius 2 is 2.18 bits per heavy atom. The van der Waals surface area contributed by atoms with E-state index in [2.05, 4.69) is 6.58 Å². The Kier molecular flexibility index (Phi) is 1.94. The fourth-order valence-electron chi connectivity index (χ4n) is 0.840. The second kappa shape index (κ2) is 2.74. The summed E-state index contributed by atoms with van der Waals surface area (Å²) in [5.74, 6) is -0.292. The first-order valence-electron chi connectivity index (χ1n) is 3.25. The molecule has 1 rings (SSSR count). The fourth-order valence-corrected chi connectivity index (χ4v) is 0.840. The highest BCUT2D eigenvalue weighted by Gasteiger charge is 2.02. The summed E-state index contributed by atoms with van der Waals surface area (Å²) in [7, 11) is 0. The van der Waals surface area contributed by atoms with E-state index < -0.39 is 0 Å². The third-order valence-electron chi connectivity index (χ3n) is 1.41. The van der Waals surface area contributed by atoms with Gasteiger partial charge in [-0.15, -0.1) is 0 Å². The van der Waals surface area contributed by atoms with Crippen molar-refractivity contribution in [2.24, 2.45) is 0 Å². The van der Waals surface area contributed by atoms with Gasteiger partial charge in [-0.25, -0.2) is 4.39 Å². The lowest BCUT2D eigenvalue weighted by Gasteiger charge is -2.01. The van der Waals surface area contributed by atoms with E-state index in [0.29, 0.717) is 11.1 Å². The molecule has 0 spiro atoms. The molecule has 0 amide bonds. The third kappa shape index (κ3) is 1.58. The van der Waals surface area contributed by atoms with E-state index >= 15 is 0 Å². The highest BCUT2D eigenvalue weighted by Crippen LogP contribution is 2.20. The maximum absolute atomic E-state index is 12.8. The number of hydrogen-bond donors (Lipinski definition) is 1. The smallest absolute Gasteiger partial charge is 0.130 e. The molecule has 0 aliphatic rings. The van der Waals surface area contributed by atoms with Crippen molar-refractivity contribution in [2.45, 2.75) is 6.92 Å². The SMILES string of the molecule is C=C(C)c1cc(O)ccc1F. The molecular weight excluding hydrogens is 143 g/mol. The number of hydrogen-bond acceptors (Lipinski definition) is 1. The van der Waals surface area contributed by atoms with Crippen molar-refractivity contribution in [1.82, 2.24) is 0 Å². The van der Waals surface area contributed by atoms with Gasteiger partial charge in [0.2, 0.25) is 0 Å². The summed E-state index contributed by atoms with van der Waals surface area (Å²) in [5, 5.41) is 8.98. The van der Waals surface area contributed by atoms with Crippen molar-refractivity contribution in [3.05, 3.63) is 36.2 Å². The molecule has 0 fully saturated rings. The molecule has 0 aromatic heterocycles. The molecule has 11 heavy (non-hydrogen) atoms. The van der Waals surface area contributed by atoms with Crippen LogP contribution in [0.1, 0.15) is 12.5 Å². The molecule has 0 heterocycles. The summed E-state index contributed by atoms with van der Waals surface area (Å²) in [4.78, 5) is 0. The predicted octanol–water partition coefficient (Wildman–Crippen LogP) is 2.56. The van der Waals surface area contributed by atoms with Gasteiger partial charge in [-0.2, -0.15) is 0 Å². The molecule has 1 aromatic rings. The first kappa shape index (κ1) is 7.79. The molecule has 0 atom stereocenters. The highest BCUT2D eigenvalue weighted by molar-refractivity contribution is 5.63. The predicted molar refractivity (Wildman–Crippen MR) is 42.8 cm³/mol. The molecule has 1 nitrogen and oxygen atoms in total. The lowest BCUT2D eigenvalue weighted by molar-refractivity contribution is 0.472. The minimum Gasteiger partial charge on any atom is -0.508 e. The van der Waals surface area contributed by atoms with Crippen LogP contribution in [-0.2, 0) is 0 Å². The van der Waals surface area contributed by atoms with Gasteiger partial charge in [0.05, 0.1) is 0 Å². The normalized spacial score (nSPS) is 9.64. The van der Waals surface area contributed by atoms with E-state index in [0.717, 1.165) is 0 Å². The van der Waals surface area contributed by atoms with Crippen molar-refractivity contribution in [2.75, 3.05) is 0 Å². The molecule has 0 aliphatic carbocycles. The Bertz CT molecular complexity index is 292. The van der Waals surface area contributed by atoms with Crippen LogP contribution in [0.3, 0.4) is 0 Å². The molecule has 0 aliphatic heterocycles. The Morgan fingerprint density at radius 1 is 1.55 bits per heavy atom. The van der Waals surface area contributed by atoms with Gasteiger partial charge in [0.1, 0.15) is 11.6 Å². The van der Waals surface area contributed by atoms with Crippen molar-refractivity contribution in [1.29, 1.82) is 0 Å². The second-order valence-electron chi connectivity index (χ2n) is 2.44. The Hall–Kier alpha value is -1.31. The molecule has 1 aromatic carbocycles. The van der Waals surface area contributed by atoms with Gasteiger partial charge in [-0.1, -0.05) is 6.58 Å². The van der Waals surface area contributed by atoms with Crippen LogP contribution in [0.4, 0.5) is 4.39 Å². The first-order valence-corrected chi connectivity index (χ1v) is 3.25. The number of halogens is 1. The minimum absolute atomic E-state index is 0.0596. The quantitative estimate of drug-likeness (QED) is 0.655. The maximum Gasteiger partial charge on any atom is 0.130 e. The standard InChI is InChI=1S/C9H9FO/c1-6(2)8-5-7(11)3-4-9(8)10/h3-5,11H,1H2,2H3. The van der Waals surface area contributed by atoms with Crippen LogP contribution in [0.25, 0.3) is 5.57 Å². The van der Waals surface area contributed by atoms with Gasteiger partial charge >= 0.3 is 0 Å². The Morgan fingerprint density at radius 3 is 2.64 bits per heavy atom. The molecule has 2 heteroatoms. The van der Waals surface area contributed by atoms with Crippen molar-refractivity contribution >= 4 is 5.57 Å². The van der Waals surface area contributed by atoms with E-state index in [1.165, 1.54) is 18.2 Å². The maximum atomic E-state index is 12.8. The monoisotopic (exact) mass is 152 g/mol. The van der Waals surface area contributed by atoms with Crippen molar-refractivity contribution in [3.8, 4) is 5.75 Å². The zero-order valence-electron chi connectivity index (χ0n) is 6.26. The number of phenolic OH excluding ortho intramolecular Hbond substituents is 1. The topological polar surface area (TPSA) is 20.2 Å². The van der Waals surface area contributed by atoms with Gasteiger partial charge < -0.3 is 5.11 Å². The Balaban J connectivity index is 3.23. The second-order valence-corrected chi connectivity index (χ2v) is 2.44. The van der Waals surface area contributed by atoms with Crippen LogP contribution in [0.15, 0.2) is 24.8 Å². The summed E-state index contributed by atoms with van der Waals surface area (Å²) in [6.45, 7) is 5.27. The third-order valence-corrected chi connectivity index (χ3v) is 1.41. The van der Waals surface area contributed by atoms with E-state index in [9.17, 15) is 4.39 Å². The molecule has 0 unspecified atom stereocenters. The largest absolute Gasteiger partial charge is 0.508 e. The van der Waals surface area contributed by atoms with Crippen molar-refractivity contribution in [3.63, 3.8) is 0 Å².